The summed E-state index contributed by atoms with van der Waals surface area (Å²) in [5, 5.41) is 0. The molecule has 0 radical (unpaired) electrons. The van der Waals surface area contributed by atoms with Crippen molar-refractivity contribution in [3.63, 3.8) is 0 Å². The summed E-state index contributed by atoms with van der Waals surface area (Å²) >= 11 is 0. The van der Waals surface area contributed by atoms with Crippen LogP contribution in [0.4, 0.5) is 8.78 Å². The Kier molecular flexibility index (Phi) is 9.26. The quantitative estimate of drug-likeness (QED) is 0.281. The van der Waals surface area contributed by atoms with Gasteiger partial charge in [0.15, 0.2) is 0 Å². The number of halogens is 2. The Hall–Kier alpha value is -4.95. The van der Waals surface area contributed by atoms with Gasteiger partial charge in [-0.1, -0.05) is 0 Å². The third-order valence-corrected chi connectivity index (χ3v) is 6.92. The molecule has 4 aromatic rings. The maximum Gasteiger partial charge on any atom is 0.123 e. The van der Waals surface area contributed by atoms with Crippen molar-refractivity contribution in [1.29, 1.82) is 0 Å². The molecule has 0 spiro atoms. The lowest BCUT2D eigenvalue weighted by molar-refractivity contribution is 0.627. The minimum Gasteiger partial charge on any atom is -0.327 e. The van der Waals surface area contributed by atoms with E-state index < -0.39 is 0 Å². The van der Waals surface area contributed by atoms with Gasteiger partial charge in [0.25, 0.3) is 0 Å². The van der Waals surface area contributed by atoms with Crippen molar-refractivity contribution < 1.29 is 8.78 Å². The van der Waals surface area contributed by atoms with Gasteiger partial charge in [0.1, 0.15) is 11.6 Å². The van der Waals surface area contributed by atoms with Crippen LogP contribution < -0.4 is 5.73 Å². The number of aromatic nitrogens is 2. The molecule has 0 saturated heterocycles. The second kappa shape index (κ2) is 13.6. The number of rotatable bonds is 7. The highest BCUT2D eigenvalue weighted by atomic mass is 19.1. The van der Waals surface area contributed by atoms with E-state index in [1.807, 2.05) is 31.2 Å². The Bertz CT molecular complexity index is 1670. The lowest BCUT2D eigenvalue weighted by Gasteiger charge is -2.10. The second-order valence-electron chi connectivity index (χ2n) is 9.58. The van der Waals surface area contributed by atoms with Crippen LogP contribution in [0, 0.1) is 11.6 Å². The van der Waals surface area contributed by atoms with Crippen LogP contribution in [0.3, 0.4) is 0 Å². The molecule has 6 nitrogen and oxygen atoms in total. The highest BCUT2D eigenvalue weighted by molar-refractivity contribution is 6.34. The lowest BCUT2D eigenvalue weighted by atomic mass is 9.94. The van der Waals surface area contributed by atoms with E-state index >= 15 is 0 Å². The van der Waals surface area contributed by atoms with Crippen LogP contribution in [0.2, 0.25) is 0 Å². The number of aliphatic imine (C=N–C) groups is 3. The first-order valence-corrected chi connectivity index (χ1v) is 13.6. The highest BCUT2D eigenvalue weighted by Gasteiger charge is 2.23. The summed E-state index contributed by atoms with van der Waals surface area (Å²) in [6.07, 6.45) is 8.83. The standard InChI is InChI=1S/C18H16FN3.C16H14FN3/c1-2-20-11-15-12-22-18(14-3-5-16(19)6-4-14)17(15)13-7-9-21-10-8-13;17-14-3-1-12(2-4-14)16-15(13(9-18)10-20-16)11-5-7-19-8-6-11/h2-10H,11-12H2,1H3;1-8H,9-10,18H2. The fourth-order valence-electron chi connectivity index (χ4n) is 4.90. The van der Waals surface area contributed by atoms with Crippen LogP contribution in [-0.2, 0) is 0 Å². The number of nitrogens with two attached hydrogens (primary N) is 1. The van der Waals surface area contributed by atoms with E-state index in [0.29, 0.717) is 26.2 Å². The molecule has 0 saturated carbocycles. The van der Waals surface area contributed by atoms with Crippen LogP contribution in [-0.4, -0.2) is 53.8 Å². The summed E-state index contributed by atoms with van der Waals surface area (Å²) in [6, 6.07) is 20.7. The molecule has 0 atom stereocenters. The molecule has 0 unspecified atom stereocenters. The van der Waals surface area contributed by atoms with Gasteiger partial charge in [-0.25, -0.2) is 8.78 Å². The van der Waals surface area contributed by atoms with Gasteiger partial charge in [0.05, 0.1) is 31.1 Å². The van der Waals surface area contributed by atoms with Crippen LogP contribution in [0.1, 0.15) is 29.2 Å². The van der Waals surface area contributed by atoms with Crippen molar-refractivity contribution in [3.05, 3.63) is 143 Å². The van der Waals surface area contributed by atoms with Gasteiger partial charge in [-0.3, -0.25) is 24.9 Å². The summed E-state index contributed by atoms with van der Waals surface area (Å²) in [6.45, 7) is 4.22. The van der Waals surface area contributed by atoms with Gasteiger partial charge in [-0.05, 0) is 108 Å². The van der Waals surface area contributed by atoms with E-state index in [1.165, 1.54) is 29.8 Å². The van der Waals surface area contributed by atoms with Crippen molar-refractivity contribution in [2.24, 2.45) is 20.7 Å². The van der Waals surface area contributed by atoms with Crippen molar-refractivity contribution >= 4 is 28.8 Å². The molecule has 6 rings (SSSR count). The Morgan fingerprint density at radius 2 is 1.07 bits per heavy atom. The van der Waals surface area contributed by atoms with E-state index in [4.69, 9.17) is 5.73 Å². The van der Waals surface area contributed by atoms with Gasteiger partial charge in [-0.2, -0.15) is 0 Å². The Morgan fingerprint density at radius 3 is 1.50 bits per heavy atom. The molecule has 2 N–H and O–H groups in total. The molecule has 4 heterocycles. The highest BCUT2D eigenvalue weighted by Crippen LogP contribution is 2.30. The summed E-state index contributed by atoms with van der Waals surface area (Å²) < 4.78 is 26.2. The van der Waals surface area contributed by atoms with Crippen LogP contribution in [0.15, 0.2) is 124 Å². The molecule has 42 heavy (non-hydrogen) atoms. The normalized spacial score (nSPS) is 14.7. The third kappa shape index (κ3) is 6.50. The Balaban J connectivity index is 0.000000169. The van der Waals surface area contributed by atoms with Gasteiger partial charge < -0.3 is 5.73 Å². The lowest BCUT2D eigenvalue weighted by Crippen LogP contribution is -2.08. The summed E-state index contributed by atoms with van der Waals surface area (Å²) in [7, 11) is 0. The molecule has 2 aromatic carbocycles. The van der Waals surface area contributed by atoms with Crippen molar-refractivity contribution in [3.8, 4) is 0 Å². The van der Waals surface area contributed by atoms with Crippen LogP contribution in [0.5, 0.6) is 0 Å². The van der Waals surface area contributed by atoms with E-state index in [2.05, 4.69) is 24.9 Å². The number of allylic oxidation sites excluding steroid dienone is 2. The summed E-state index contributed by atoms with van der Waals surface area (Å²) in [5.74, 6) is -0.492. The molecule has 8 heteroatoms. The molecule has 0 fully saturated rings. The SMILES string of the molecule is CC=NCC1=C(c2ccncc2)C(c2ccc(F)cc2)=NC1.NCC1=C(c2ccncc2)C(c2ccc(F)cc2)=NC1. The monoisotopic (exact) mass is 560 g/mol. The molecule has 2 aliphatic rings. The predicted octanol–water partition coefficient (Wildman–Crippen LogP) is 6.00. The van der Waals surface area contributed by atoms with E-state index in [9.17, 15) is 8.78 Å². The minimum absolute atomic E-state index is 0.243. The average Bonchev–Trinajstić information content (AvgIpc) is 3.67. The van der Waals surface area contributed by atoms with Crippen LogP contribution >= 0.6 is 0 Å². The van der Waals surface area contributed by atoms with Gasteiger partial charge in [-0.15, -0.1) is 0 Å². The van der Waals surface area contributed by atoms with Gasteiger partial charge in [0, 0.05) is 53.6 Å². The van der Waals surface area contributed by atoms with E-state index in [-0.39, 0.29) is 11.6 Å². The number of hydrogen-bond acceptors (Lipinski definition) is 6. The van der Waals surface area contributed by atoms with Gasteiger partial charge >= 0.3 is 0 Å². The zero-order valence-electron chi connectivity index (χ0n) is 23.2. The largest absolute Gasteiger partial charge is 0.327 e. The molecule has 2 aromatic heterocycles. The van der Waals surface area contributed by atoms with E-state index in [0.717, 1.165) is 50.4 Å². The zero-order chi connectivity index (χ0) is 29.3. The molecule has 2 aliphatic heterocycles. The molecule has 0 amide bonds. The predicted molar refractivity (Wildman–Crippen MR) is 166 cm³/mol. The summed E-state index contributed by atoms with van der Waals surface area (Å²) in [5.41, 5.74) is 15.9. The number of hydrogen-bond donors (Lipinski definition) is 1. The number of pyridine rings is 2. The first kappa shape index (κ1) is 28.6. The third-order valence-electron chi connectivity index (χ3n) is 6.92. The summed E-state index contributed by atoms with van der Waals surface area (Å²) in [4.78, 5) is 21.7. The molecular weight excluding hydrogens is 530 g/mol. The fourth-order valence-corrected chi connectivity index (χ4v) is 4.90. The van der Waals surface area contributed by atoms with E-state index in [1.54, 1.807) is 55.3 Å². The Labute approximate surface area is 243 Å². The average molecular weight is 561 g/mol. The fraction of sp³-hybridized carbons (Fsp3) is 0.147. The first-order chi connectivity index (χ1) is 20.6. The molecular formula is C34H30F2N6. The first-order valence-electron chi connectivity index (χ1n) is 13.6. The van der Waals surface area contributed by atoms with Crippen LogP contribution in [0.25, 0.3) is 11.1 Å². The Morgan fingerprint density at radius 1 is 0.643 bits per heavy atom. The molecule has 0 aliphatic carbocycles. The topological polar surface area (TPSA) is 88.9 Å². The second-order valence-corrected chi connectivity index (χ2v) is 9.58. The minimum atomic E-state index is -0.249. The maximum absolute atomic E-state index is 13.2. The molecule has 0 bridgehead atoms. The zero-order valence-corrected chi connectivity index (χ0v) is 23.2. The van der Waals surface area contributed by atoms with Gasteiger partial charge in [0.2, 0.25) is 0 Å². The van der Waals surface area contributed by atoms with Crippen molar-refractivity contribution in [1.82, 2.24) is 9.97 Å². The molecule has 210 valence electrons. The number of nitrogens with zero attached hydrogens (tertiary/aromatic N) is 5. The van der Waals surface area contributed by atoms with Crippen molar-refractivity contribution in [2.75, 3.05) is 26.2 Å². The number of benzene rings is 2. The maximum atomic E-state index is 13.2. The smallest absolute Gasteiger partial charge is 0.123 e. The van der Waals surface area contributed by atoms with Crippen molar-refractivity contribution in [2.45, 2.75) is 6.92 Å².